The first-order valence-electron chi connectivity index (χ1n) is 26.9. The van der Waals surface area contributed by atoms with Crippen molar-refractivity contribution >= 4 is 5.91 Å². The summed E-state index contributed by atoms with van der Waals surface area (Å²) in [5.74, 6) is -0.236. The van der Waals surface area contributed by atoms with Crippen LogP contribution in [-0.4, -0.2) is 140 Å². The molecule has 0 radical (unpaired) electrons. The maximum atomic E-state index is 13.2. The number of carbonyl (C=O) groups excluding carboxylic acids is 1. The van der Waals surface area contributed by atoms with Gasteiger partial charge in [-0.2, -0.15) is 0 Å². The number of allylic oxidation sites excluding steroid dienone is 1. The van der Waals surface area contributed by atoms with E-state index in [0.29, 0.717) is 6.42 Å². The van der Waals surface area contributed by atoms with Crippen LogP contribution in [0.1, 0.15) is 219 Å². The molecule has 0 spiro atoms. The van der Waals surface area contributed by atoms with E-state index in [1.165, 1.54) is 154 Å². The number of carbonyl (C=O) groups is 1. The molecule has 0 saturated carbocycles. The Kier molecular flexibility index (Phi) is 36.4. The smallest absolute Gasteiger partial charge is 0.220 e. The summed E-state index contributed by atoms with van der Waals surface area (Å²) in [6.45, 7) is 2.80. The van der Waals surface area contributed by atoms with E-state index >= 15 is 0 Å². The largest absolute Gasteiger partial charge is 0.394 e. The van der Waals surface area contributed by atoms with Crippen LogP contribution in [0.4, 0.5) is 0 Å². The van der Waals surface area contributed by atoms with Crippen molar-refractivity contribution in [3.63, 3.8) is 0 Å². The van der Waals surface area contributed by atoms with Crippen molar-refractivity contribution in [1.82, 2.24) is 5.32 Å². The van der Waals surface area contributed by atoms with E-state index in [1.807, 2.05) is 6.08 Å². The lowest BCUT2D eigenvalue weighted by molar-refractivity contribution is -0.359. The predicted octanol–water partition coefficient (Wildman–Crippen LogP) is 7.55. The Hall–Kier alpha value is -1.27. The summed E-state index contributed by atoms with van der Waals surface area (Å²) in [4.78, 5) is 13.2. The van der Waals surface area contributed by atoms with Crippen molar-refractivity contribution in [2.75, 3.05) is 19.8 Å². The molecule has 1 amide bonds. The van der Waals surface area contributed by atoms with Crippen LogP contribution in [0, 0.1) is 0 Å². The van der Waals surface area contributed by atoms with Gasteiger partial charge in [0.2, 0.25) is 5.91 Å². The minimum absolute atomic E-state index is 0.236. The van der Waals surface area contributed by atoms with E-state index in [2.05, 4.69) is 19.2 Å². The standard InChI is InChI=1S/C52H99NO13/c1-3-5-7-9-11-13-15-17-18-19-20-21-22-24-26-28-30-32-34-36-44(57)53-40(41(56)35-33-31-29-27-25-23-16-14-12-10-8-6-4-2)39-63-51-49(62)47(60)50(43(38-55)65-51)66-52-48(61)46(59)45(58)42(37-54)64-52/h33,35,40-43,45-52,54-56,58-62H,3-32,34,36-39H2,1-2H3,(H,53,57)/b35-33+/t40-,41+,42+,43+,45-,46-,47+,48+,49+,50-,51+,52-/m0/s1. The van der Waals surface area contributed by atoms with Crippen molar-refractivity contribution < 1.29 is 64.6 Å². The van der Waals surface area contributed by atoms with E-state index in [1.54, 1.807) is 6.08 Å². The van der Waals surface area contributed by atoms with Crippen molar-refractivity contribution in [2.45, 2.75) is 293 Å². The Bertz CT molecular complexity index is 1160. The average molecular weight is 946 g/mol. The number of nitrogens with one attached hydrogen (secondary N) is 1. The van der Waals surface area contributed by atoms with Crippen LogP contribution in [0.15, 0.2) is 12.2 Å². The molecule has 14 nitrogen and oxygen atoms in total. The van der Waals surface area contributed by atoms with Crippen LogP contribution in [0.3, 0.4) is 0 Å². The van der Waals surface area contributed by atoms with Gasteiger partial charge in [0.15, 0.2) is 12.6 Å². The number of hydrogen-bond donors (Lipinski definition) is 9. The second-order valence-electron chi connectivity index (χ2n) is 19.4. The van der Waals surface area contributed by atoms with Gasteiger partial charge < -0.3 is 65.1 Å². The molecule has 0 bridgehead atoms. The topological polar surface area (TPSA) is 228 Å². The molecule has 2 heterocycles. The molecule has 2 rings (SSSR count). The number of aliphatic hydroxyl groups excluding tert-OH is 8. The molecular formula is C52H99NO13. The molecule has 2 aliphatic heterocycles. The van der Waals surface area contributed by atoms with Crippen LogP contribution >= 0.6 is 0 Å². The maximum Gasteiger partial charge on any atom is 0.220 e. The zero-order valence-corrected chi connectivity index (χ0v) is 41.5. The summed E-state index contributed by atoms with van der Waals surface area (Å²) in [5, 5.41) is 86.8. The fraction of sp³-hybridized carbons (Fsp3) is 0.942. The molecule has 0 aromatic carbocycles. The molecule has 2 fully saturated rings. The third kappa shape index (κ3) is 26.1. The molecule has 9 N–H and O–H groups in total. The zero-order chi connectivity index (χ0) is 48.2. The monoisotopic (exact) mass is 946 g/mol. The second kappa shape index (κ2) is 39.5. The van der Waals surface area contributed by atoms with Crippen molar-refractivity contribution in [2.24, 2.45) is 0 Å². The summed E-state index contributed by atoms with van der Waals surface area (Å²) in [6, 6.07) is -0.907. The van der Waals surface area contributed by atoms with Gasteiger partial charge in [-0.1, -0.05) is 206 Å². The van der Waals surface area contributed by atoms with E-state index in [9.17, 15) is 45.6 Å². The predicted molar refractivity (Wildman–Crippen MR) is 259 cm³/mol. The van der Waals surface area contributed by atoms with Crippen LogP contribution < -0.4 is 5.32 Å². The Morgan fingerprint density at radius 1 is 0.530 bits per heavy atom. The number of aliphatic hydroxyl groups is 8. The van der Waals surface area contributed by atoms with Crippen LogP contribution in [0.2, 0.25) is 0 Å². The van der Waals surface area contributed by atoms with Gasteiger partial charge in [0, 0.05) is 6.42 Å². The highest BCUT2D eigenvalue weighted by Gasteiger charge is 2.51. The number of hydrogen-bond acceptors (Lipinski definition) is 13. The summed E-state index contributed by atoms with van der Waals surface area (Å²) >= 11 is 0. The molecule has 66 heavy (non-hydrogen) atoms. The number of rotatable bonds is 42. The maximum absolute atomic E-state index is 13.2. The minimum Gasteiger partial charge on any atom is -0.394 e. The first kappa shape index (κ1) is 60.9. The van der Waals surface area contributed by atoms with Crippen LogP contribution in [0.5, 0.6) is 0 Å². The highest BCUT2D eigenvalue weighted by Crippen LogP contribution is 2.30. The third-order valence-corrected chi connectivity index (χ3v) is 13.5. The second-order valence-corrected chi connectivity index (χ2v) is 19.4. The lowest BCUT2D eigenvalue weighted by Crippen LogP contribution is -2.65. The van der Waals surface area contributed by atoms with Gasteiger partial charge in [0.1, 0.15) is 48.8 Å². The van der Waals surface area contributed by atoms with E-state index in [4.69, 9.17) is 18.9 Å². The fourth-order valence-corrected chi connectivity index (χ4v) is 9.06. The molecule has 390 valence electrons. The Morgan fingerprint density at radius 2 is 0.939 bits per heavy atom. The quantitative estimate of drug-likeness (QED) is 0.0213. The molecular weight excluding hydrogens is 847 g/mol. The minimum atomic E-state index is -1.78. The summed E-state index contributed by atoms with van der Waals surface area (Å²) in [6.07, 6.45) is 25.3. The van der Waals surface area contributed by atoms with E-state index < -0.39 is 86.8 Å². The van der Waals surface area contributed by atoms with Gasteiger partial charge in [0.25, 0.3) is 0 Å². The fourth-order valence-electron chi connectivity index (χ4n) is 9.06. The van der Waals surface area contributed by atoms with Crippen molar-refractivity contribution in [1.29, 1.82) is 0 Å². The molecule has 2 saturated heterocycles. The van der Waals surface area contributed by atoms with Gasteiger partial charge in [-0.15, -0.1) is 0 Å². The summed E-state index contributed by atoms with van der Waals surface area (Å²) in [5.41, 5.74) is 0. The lowest BCUT2D eigenvalue weighted by Gasteiger charge is -2.46. The van der Waals surface area contributed by atoms with E-state index in [0.717, 1.165) is 38.5 Å². The van der Waals surface area contributed by atoms with Gasteiger partial charge in [-0.05, 0) is 19.3 Å². The number of unbranched alkanes of at least 4 members (excludes halogenated alkanes) is 29. The molecule has 2 aliphatic rings. The molecule has 0 aromatic heterocycles. The third-order valence-electron chi connectivity index (χ3n) is 13.5. The van der Waals surface area contributed by atoms with Gasteiger partial charge in [-0.25, -0.2) is 0 Å². The van der Waals surface area contributed by atoms with Crippen LogP contribution in [-0.2, 0) is 23.7 Å². The van der Waals surface area contributed by atoms with Gasteiger partial charge >= 0.3 is 0 Å². The van der Waals surface area contributed by atoms with Crippen molar-refractivity contribution in [3.8, 4) is 0 Å². The van der Waals surface area contributed by atoms with E-state index in [-0.39, 0.29) is 18.9 Å². The number of ether oxygens (including phenoxy) is 4. The Labute approximate surface area is 399 Å². The molecule has 14 heteroatoms. The summed E-state index contributed by atoms with van der Waals surface area (Å²) in [7, 11) is 0. The average Bonchev–Trinajstić information content (AvgIpc) is 3.31. The molecule has 0 aromatic rings. The van der Waals surface area contributed by atoms with Crippen LogP contribution in [0.25, 0.3) is 0 Å². The SMILES string of the molecule is CCCCCCCCCCCCC/C=C/[C@@H](O)[C@H](CO[C@@H]1O[C@H](CO)[C@H](O[C@@H]2O[C@H](CO)[C@H](O)[C@H](O)[C@H]2O)[C@H](O)[C@H]1O)NC(=O)CCCCCCCCCCCCCCCCCCCCC. The Morgan fingerprint density at radius 3 is 1.39 bits per heavy atom. The highest BCUT2D eigenvalue weighted by atomic mass is 16.7. The first-order chi connectivity index (χ1) is 32.1. The first-order valence-corrected chi connectivity index (χ1v) is 26.9. The van der Waals surface area contributed by atoms with Crippen molar-refractivity contribution in [3.05, 3.63) is 12.2 Å². The highest BCUT2D eigenvalue weighted by molar-refractivity contribution is 5.76. The number of amides is 1. The lowest BCUT2D eigenvalue weighted by atomic mass is 9.97. The zero-order valence-electron chi connectivity index (χ0n) is 41.5. The summed E-state index contributed by atoms with van der Waals surface area (Å²) < 4.78 is 22.7. The normalized spacial score (nSPS) is 26.8. The molecule has 0 aliphatic carbocycles. The Balaban J connectivity index is 1.80. The van der Waals surface area contributed by atoms with Gasteiger partial charge in [-0.3, -0.25) is 4.79 Å². The molecule has 12 atom stereocenters. The molecule has 0 unspecified atom stereocenters. The van der Waals surface area contributed by atoms with Gasteiger partial charge in [0.05, 0.1) is 32.0 Å².